The van der Waals surface area contributed by atoms with Gasteiger partial charge in [-0.1, -0.05) is 28.1 Å². The Bertz CT molecular complexity index is 759. The fraction of sp³-hybridized carbons (Fsp3) is 0.250. The molecule has 0 spiro atoms. The summed E-state index contributed by atoms with van der Waals surface area (Å²) in [6.45, 7) is 0. The summed E-state index contributed by atoms with van der Waals surface area (Å²) in [6.07, 6.45) is -15.3. The first-order valence-electron chi connectivity index (χ1n) is 7.06. The van der Waals surface area contributed by atoms with E-state index >= 15 is 0 Å². The number of hydrogen-bond acceptors (Lipinski definition) is 1. The zero-order chi connectivity index (χ0) is 20.6. The highest BCUT2D eigenvalue weighted by Crippen LogP contribution is 2.40. The van der Waals surface area contributed by atoms with E-state index < -0.39 is 41.4 Å². The number of halogens is 10. The van der Waals surface area contributed by atoms with Gasteiger partial charge in [0.1, 0.15) is 6.04 Å². The third-order valence-electron chi connectivity index (χ3n) is 3.43. The average molecular weight is 466 g/mol. The van der Waals surface area contributed by atoms with Gasteiger partial charge in [-0.05, 0) is 35.9 Å². The van der Waals surface area contributed by atoms with E-state index in [9.17, 15) is 39.5 Å². The van der Waals surface area contributed by atoms with Crippen LogP contribution >= 0.6 is 15.9 Å². The van der Waals surface area contributed by atoms with E-state index in [1.54, 1.807) is 5.32 Å². The summed E-state index contributed by atoms with van der Waals surface area (Å²) in [7, 11) is 0. The highest BCUT2D eigenvalue weighted by atomic mass is 79.9. The Labute approximate surface area is 155 Å². The lowest BCUT2D eigenvalue weighted by Crippen LogP contribution is -2.28. The maximum Gasteiger partial charge on any atom is 0.416 e. The van der Waals surface area contributed by atoms with Crippen molar-refractivity contribution in [1.29, 1.82) is 0 Å². The average Bonchev–Trinajstić information content (AvgIpc) is 2.50. The zero-order valence-electron chi connectivity index (χ0n) is 12.9. The Hall–Kier alpha value is -1.91. The van der Waals surface area contributed by atoms with Crippen LogP contribution in [0.5, 0.6) is 0 Å². The summed E-state index contributed by atoms with van der Waals surface area (Å²) >= 11 is 3.02. The van der Waals surface area contributed by atoms with Gasteiger partial charge < -0.3 is 5.32 Å². The molecular formula is C16H9BrF9N. The molecule has 0 fully saturated rings. The van der Waals surface area contributed by atoms with Gasteiger partial charge in [0.2, 0.25) is 0 Å². The van der Waals surface area contributed by atoms with Gasteiger partial charge in [0.15, 0.2) is 0 Å². The SMILES string of the molecule is FC(F)(F)c1cc(N[C@@H](c2ccc(Br)cc2)C(F)(F)F)cc(C(F)(F)F)c1. The summed E-state index contributed by atoms with van der Waals surface area (Å²) in [5.41, 5.74) is -4.76. The van der Waals surface area contributed by atoms with Crippen molar-refractivity contribution < 1.29 is 39.5 Å². The second-order valence-corrected chi connectivity index (χ2v) is 6.38. The van der Waals surface area contributed by atoms with Crippen LogP contribution in [0.4, 0.5) is 45.2 Å². The molecule has 0 amide bonds. The number of benzene rings is 2. The normalized spacial score (nSPS) is 14.1. The molecule has 2 aromatic carbocycles. The van der Waals surface area contributed by atoms with Crippen molar-refractivity contribution in [3.63, 3.8) is 0 Å². The molecule has 1 atom stereocenters. The molecule has 0 aromatic heterocycles. The highest BCUT2D eigenvalue weighted by Gasteiger charge is 2.42. The number of alkyl halides is 9. The third-order valence-corrected chi connectivity index (χ3v) is 3.96. The van der Waals surface area contributed by atoms with E-state index in [1.165, 1.54) is 12.1 Å². The van der Waals surface area contributed by atoms with E-state index in [0.717, 1.165) is 12.1 Å². The smallest absolute Gasteiger partial charge is 0.370 e. The highest BCUT2D eigenvalue weighted by molar-refractivity contribution is 9.10. The van der Waals surface area contributed by atoms with Crippen molar-refractivity contribution in [3.8, 4) is 0 Å². The Morgan fingerprint density at radius 2 is 1.15 bits per heavy atom. The molecule has 148 valence electrons. The van der Waals surface area contributed by atoms with Crippen LogP contribution < -0.4 is 5.32 Å². The van der Waals surface area contributed by atoms with E-state index in [-0.39, 0.29) is 23.8 Å². The van der Waals surface area contributed by atoms with Crippen LogP contribution in [0, 0.1) is 0 Å². The lowest BCUT2D eigenvalue weighted by atomic mass is 10.0. The maximum absolute atomic E-state index is 13.3. The number of nitrogens with one attached hydrogen (secondary N) is 1. The van der Waals surface area contributed by atoms with E-state index in [2.05, 4.69) is 15.9 Å². The molecule has 0 radical (unpaired) electrons. The standard InChI is InChI=1S/C16H9BrF9N/c17-11-3-1-8(2-4-11)13(16(24,25)26)27-12-6-9(14(18,19)20)5-10(7-12)15(21,22)23/h1-7,13,27H/t13-/m0/s1. The molecule has 0 unspecified atom stereocenters. The Kier molecular flexibility index (Phi) is 5.74. The first-order valence-corrected chi connectivity index (χ1v) is 7.85. The molecule has 27 heavy (non-hydrogen) atoms. The summed E-state index contributed by atoms with van der Waals surface area (Å²) in [4.78, 5) is 0. The first kappa shape index (κ1) is 21.4. The van der Waals surface area contributed by atoms with Gasteiger partial charge in [-0.25, -0.2) is 0 Å². The minimum Gasteiger partial charge on any atom is -0.370 e. The first-order chi connectivity index (χ1) is 12.2. The predicted octanol–water partition coefficient (Wildman–Crippen LogP) is 7.20. The molecule has 2 aromatic rings. The van der Waals surface area contributed by atoms with Crippen molar-refractivity contribution in [3.05, 3.63) is 63.6 Å². The summed E-state index contributed by atoms with van der Waals surface area (Å²) in [6, 6.07) is 2.37. The molecule has 0 heterocycles. The van der Waals surface area contributed by atoms with Crippen LogP contribution in [-0.2, 0) is 12.4 Å². The molecule has 0 aliphatic carbocycles. The monoisotopic (exact) mass is 465 g/mol. The molecule has 0 saturated carbocycles. The lowest BCUT2D eigenvalue weighted by Gasteiger charge is -2.24. The predicted molar refractivity (Wildman–Crippen MR) is 83.0 cm³/mol. The Balaban J connectivity index is 2.52. The minimum atomic E-state index is -5.16. The molecule has 1 nitrogen and oxygen atoms in total. The van der Waals surface area contributed by atoms with Crippen molar-refractivity contribution >= 4 is 21.6 Å². The summed E-state index contributed by atoms with van der Waals surface area (Å²) in [5.74, 6) is 0. The van der Waals surface area contributed by atoms with Gasteiger partial charge in [-0.2, -0.15) is 39.5 Å². The van der Waals surface area contributed by atoms with E-state index in [0.29, 0.717) is 4.47 Å². The van der Waals surface area contributed by atoms with Crippen LogP contribution in [0.2, 0.25) is 0 Å². The van der Waals surface area contributed by atoms with Crippen LogP contribution in [0.15, 0.2) is 46.9 Å². The van der Waals surface area contributed by atoms with Crippen LogP contribution in [0.25, 0.3) is 0 Å². The quantitative estimate of drug-likeness (QED) is 0.472. The largest absolute Gasteiger partial charge is 0.416 e. The fourth-order valence-corrected chi connectivity index (χ4v) is 2.48. The van der Waals surface area contributed by atoms with Crippen molar-refractivity contribution in [2.75, 3.05) is 5.32 Å². The van der Waals surface area contributed by atoms with Crippen LogP contribution in [0.3, 0.4) is 0 Å². The lowest BCUT2D eigenvalue weighted by molar-refractivity contribution is -0.144. The molecule has 0 saturated heterocycles. The molecule has 11 heteroatoms. The van der Waals surface area contributed by atoms with Gasteiger partial charge in [0.05, 0.1) is 11.1 Å². The molecule has 1 N–H and O–H groups in total. The van der Waals surface area contributed by atoms with Crippen LogP contribution in [0.1, 0.15) is 22.7 Å². The summed E-state index contributed by atoms with van der Waals surface area (Å²) < 4.78 is 118. The topological polar surface area (TPSA) is 12.0 Å². The molecule has 0 aliphatic rings. The van der Waals surface area contributed by atoms with Crippen LogP contribution in [-0.4, -0.2) is 6.18 Å². The van der Waals surface area contributed by atoms with Crippen molar-refractivity contribution in [1.82, 2.24) is 0 Å². The number of anilines is 1. The Morgan fingerprint density at radius 3 is 1.52 bits per heavy atom. The van der Waals surface area contributed by atoms with Gasteiger partial charge in [0.25, 0.3) is 0 Å². The zero-order valence-corrected chi connectivity index (χ0v) is 14.5. The van der Waals surface area contributed by atoms with Gasteiger partial charge in [0, 0.05) is 10.2 Å². The maximum atomic E-state index is 13.3. The van der Waals surface area contributed by atoms with Gasteiger partial charge in [-0.15, -0.1) is 0 Å². The second-order valence-electron chi connectivity index (χ2n) is 5.47. The fourth-order valence-electron chi connectivity index (χ4n) is 2.21. The van der Waals surface area contributed by atoms with Gasteiger partial charge >= 0.3 is 18.5 Å². The van der Waals surface area contributed by atoms with Crippen molar-refractivity contribution in [2.24, 2.45) is 0 Å². The number of hydrogen-bond donors (Lipinski definition) is 1. The van der Waals surface area contributed by atoms with Crippen molar-refractivity contribution in [2.45, 2.75) is 24.6 Å². The Morgan fingerprint density at radius 1 is 0.704 bits per heavy atom. The third kappa shape index (κ3) is 5.53. The molecule has 0 bridgehead atoms. The summed E-state index contributed by atoms with van der Waals surface area (Å²) in [5, 5.41) is 1.74. The van der Waals surface area contributed by atoms with Gasteiger partial charge in [-0.3, -0.25) is 0 Å². The molecule has 0 aliphatic heterocycles. The minimum absolute atomic E-state index is 0.159. The molecular weight excluding hydrogens is 457 g/mol. The van der Waals surface area contributed by atoms with E-state index in [4.69, 9.17) is 0 Å². The van der Waals surface area contributed by atoms with E-state index in [1.807, 2.05) is 0 Å². The second kappa shape index (κ2) is 7.25. The molecule has 2 rings (SSSR count). The number of rotatable bonds is 3.